The van der Waals surface area contributed by atoms with Crippen LogP contribution in [0.4, 0.5) is 0 Å². The number of rotatable bonds is 2. The molecule has 0 atom stereocenters. The predicted molar refractivity (Wildman–Crippen MR) is 70.9 cm³/mol. The SMILES string of the molecule is Clc1ccc(Cn2ncc3cnc(Cl)nc32)cc1. The molecule has 0 aliphatic carbocycles. The largest absolute Gasteiger partial charge is 0.243 e. The second kappa shape index (κ2) is 4.55. The summed E-state index contributed by atoms with van der Waals surface area (Å²) in [7, 11) is 0. The maximum Gasteiger partial charge on any atom is 0.224 e. The first-order valence-corrected chi connectivity index (χ1v) is 6.06. The molecule has 0 N–H and O–H groups in total. The Balaban J connectivity index is 1.99. The van der Waals surface area contributed by atoms with Gasteiger partial charge in [-0.1, -0.05) is 23.7 Å². The van der Waals surface area contributed by atoms with Gasteiger partial charge in [0.15, 0.2) is 5.65 Å². The third-order valence-corrected chi connectivity index (χ3v) is 3.03. The molecule has 3 rings (SSSR count). The molecular formula is C12H8Cl2N4. The number of benzene rings is 1. The molecule has 2 heterocycles. The average Bonchev–Trinajstić information content (AvgIpc) is 2.75. The molecule has 0 fully saturated rings. The predicted octanol–water partition coefficient (Wildman–Crippen LogP) is 3.18. The van der Waals surface area contributed by atoms with Crippen LogP contribution >= 0.6 is 23.2 Å². The van der Waals surface area contributed by atoms with Crippen molar-refractivity contribution in [1.82, 2.24) is 19.7 Å². The first-order valence-electron chi connectivity index (χ1n) is 5.31. The van der Waals surface area contributed by atoms with Crippen molar-refractivity contribution in [3.05, 3.63) is 52.5 Å². The highest BCUT2D eigenvalue weighted by Crippen LogP contribution is 2.15. The summed E-state index contributed by atoms with van der Waals surface area (Å²) in [5.74, 6) is 0. The first-order chi connectivity index (χ1) is 8.72. The Morgan fingerprint density at radius 1 is 1.06 bits per heavy atom. The number of aromatic nitrogens is 4. The van der Waals surface area contributed by atoms with Crippen molar-refractivity contribution < 1.29 is 0 Å². The lowest BCUT2D eigenvalue weighted by Crippen LogP contribution is -2.02. The van der Waals surface area contributed by atoms with Crippen molar-refractivity contribution in [3.63, 3.8) is 0 Å². The molecular weight excluding hydrogens is 271 g/mol. The van der Waals surface area contributed by atoms with Gasteiger partial charge in [-0.05, 0) is 29.3 Å². The molecule has 1 aromatic carbocycles. The lowest BCUT2D eigenvalue weighted by atomic mass is 10.2. The summed E-state index contributed by atoms with van der Waals surface area (Å²) in [4.78, 5) is 8.10. The molecule has 0 amide bonds. The molecule has 90 valence electrons. The minimum Gasteiger partial charge on any atom is -0.243 e. The first kappa shape index (κ1) is 11.4. The van der Waals surface area contributed by atoms with Gasteiger partial charge in [0.1, 0.15) is 0 Å². The van der Waals surface area contributed by atoms with Gasteiger partial charge in [0.2, 0.25) is 5.28 Å². The maximum absolute atomic E-state index is 5.85. The summed E-state index contributed by atoms with van der Waals surface area (Å²) in [5.41, 5.74) is 1.82. The lowest BCUT2D eigenvalue weighted by molar-refractivity contribution is 0.704. The van der Waals surface area contributed by atoms with Gasteiger partial charge in [-0.15, -0.1) is 0 Å². The van der Waals surface area contributed by atoms with Crippen LogP contribution in [-0.2, 0) is 6.54 Å². The van der Waals surface area contributed by atoms with Crippen LogP contribution in [0.1, 0.15) is 5.56 Å². The molecule has 0 unspecified atom stereocenters. The summed E-state index contributed by atoms with van der Waals surface area (Å²) in [6.07, 6.45) is 3.39. The highest BCUT2D eigenvalue weighted by Gasteiger charge is 2.06. The van der Waals surface area contributed by atoms with Crippen LogP contribution in [0.2, 0.25) is 10.3 Å². The summed E-state index contributed by atoms with van der Waals surface area (Å²) in [5, 5.41) is 6.09. The van der Waals surface area contributed by atoms with Crippen molar-refractivity contribution in [1.29, 1.82) is 0 Å². The van der Waals surface area contributed by atoms with Crippen LogP contribution in [0.5, 0.6) is 0 Å². The highest BCUT2D eigenvalue weighted by atomic mass is 35.5. The molecule has 0 aliphatic rings. The molecule has 3 aromatic rings. The van der Waals surface area contributed by atoms with Gasteiger partial charge in [0, 0.05) is 11.2 Å². The molecule has 4 nitrogen and oxygen atoms in total. The van der Waals surface area contributed by atoms with Gasteiger partial charge in [-0.25, -0.2) is 9.67 Å². The fourth-order valence-corrected chi connectivity index (χ4v) is 1.98. The molecule has 6 heteroatoms. The van der Waals surface area contributed by atoms with Gasteiger partial charge in [0.25, 0.3) is 0 Å². The Morgan fingerprint density at radius 3 is 2.61 bits per heavy atom. The van der Waals surface area contributed by atoms with Crippen LogP contribution < -0.4 is 0 Å². The minimum atomic E-state index is 0.223. The summed E-state index contributed by atoms with van der Waals surface area (Å²) < 4.78 is 1.78. The topological polar surface area (TPSA) is 43.6 Å². The lowest BCUT2D eigenvalue weighted by Gasteiger charge is -2.03. The molecule has 0 bridgehead atoms. The fraction of sp³-hybridized carbons (Fsp3) is 0.0833. The van der Waals surface area contributed by atoms with E-state index < -0.39 is 0 Å². The number of hydrogen-bond acceptors (Lipinski definition) is 3. The van der Waals surface area contributed by atoms with E-state index in [2.05, 4.69) is 15.1 Å². The van der Waals surface area contributed by atoms with Gasteiger partial charge >= 0.3 is 0 Å². The van der Waals surface area contributed by atoms with Crippen LogP contribution in [0, 0.1) is 0 Å². The van der Waals surface area contributed by atoms with Crippen molar-refractivity contribution in [2.45, 2.75) is 6.54 Å². The quantitative estimate of drug-likeness (QED) is 0.677. The molecule has 2 aromatic heterocycles. The normalized spacial score (nSPS) is 11.0. The van der Waals surface area contributed by atoms with E-state index in [0.29, 0.717) is 6.54 Å². The maximum atomic E-state index is 5.85. The van der Waals surface area contributed by atoms with Crippen LogP contribution in [0.15, 0.2) is 36.7 Å². The Bertz CT molecular complexity index is 691. The zero-order chi connectivity index (χ0) is 12.5. The molecule has 0 radical (unpaired) electrons. The van der Waals surface area contributed by atoms with E-state index in [1.807, 2.05) is 24.3 Å². The Labute approximate surface area is 113 Å². The van der Waals surface area contributed by atoms with E-state index in [1.165, 1.54) is 0 Å². The second-order valence-corrected chi connectivity index (χ2v) is 4.62. The van der Waals surface area contributed by atoms with Crippen molar-refractivity contribution in [2.75, 3.05) is 0 Å². The second-order valence-electron chi connectivity index (χ2n) is 3.85. The molecule has 18 heavy (non-hydrogen) atoms. The third kappa shape index (κ3) is 2.17. The fourth-order valence-electron chi connectivity index (χ4n) is 1.72. The van der Waals surface area contributed by atoms with Crippen molar-refractivity contribution in [2.24, 2.45) is 0 Å². The van der Waals surface area contributed by atoms with Crippen LogP contribution in [0.3, 0.4) is 0 Å². The zero-order valence-corrected chi connectivity index (χ0v) is 10.7. The Morgan fingerprint density at radius 2 is 1.83 bits per heavy atom. The molecule has 0 saturated heterocycles. The van der Waals surface area contributed by atoms with E-state index in [0.717, 1.165) is 21.6 Å². The highest BCUT2D eigenvalue weighted by molar-refractivity contribution is 6.30. The van der Waals surface area contributed by atoms with E-state index in [9.17, 15) is 0 Å². The molecule has 0 aliphatic heterocycles. The monoisotopic (exact) mass is 278 g/mol. The van der Waals surface area contributed by atoms with Crippen molar-refractivity contribution in [3.8, 4) is 0 Å². The Hall–Kier alpha value is -1.65. The Kier molecular flexibility index (Phi) is 2.89. The number of halogens is 2. The van der Waals surface area contributed by atoms with Gasteiger partial charge in [-0.3, -0.25) is 0 Å². The van der Waals surface area contributed by atoms with E-state index in [1.54, 1.807) is 17.1 Å². The number of nitrogens with zero attached hydrogens (tertiary/aromatic N) is 4. The van der Waals surface area contributed by atoms with E-state index in [-0.39, 0.29) is 5.28 Å². The number of hydrogen-bond donors (Lipinski definition) is 0. The average molecular weight is 279 g/mol. The van der Waals surface area contributed by atoms with E-state index in [4.69, 9.17) is 23.2 Å². The van der Waals surface area contributed by atoms with Gasteiger partial charge < -0.3 is 0 Å². The molecule has 0 saturated carbocycles. The van der Waals surface area contributed by atoms with Gasteiger partial charge in [-0.2, -0.15) is 10.1 Å². The smallest absolute Gasteiger partial charge is 0.224 e. The minimum absolute atomic E-state index is 0.223. The summed E-state index contributed by atoms with van der Waals surface area (Å²) in [6, 6.07) is 7.62. The van der Waals surface area contributed by atoms with Crippen LogP contribution in [0.25, 0.3) is 11.0 Å². The zero-order valence-electron chi connectivity index (χ0n) is 9.22. The van der Waals surface area contributed by atoms with Gasteiger partial charge in [0.05, 0.1) is 18.1 Å². The summed E-state index contributed by atoms with van der Waals surface area (Å²) in [6.45, 7) is 0.619. The van der Waals surface area contributed by atoms with Crippen LogP contribution in [-0.4, -0.2) is 19.7 Å². The standard InChI is InChI=1S/C12H8Cl2N4/c13-10-3-1-8(2-4-10)7-18-11-9(6-16-18)5-15-12(14)17-11/h1-6H,7H2. The van der Waals surface area contributed by atoms with Crippen molar-refractivity contribution >= 4 is 34.2 Å². The molecule has 0 spiro atoms. The third-order valence-electron chi connectivity index (χ3n) is 2.59. The summed E-state index contributed by atoms with van der Waals surface area (Å²) >= 11 is 11.6. The number of fused-ring (bicyclic) bond motifs is 1. The van der Waals surface area contributed by atoms with E-state index >= 15 is 0 Å².